The van der Waals surface area contributed by atoms with Crippen LogP contribution in [0.1, 0.15) is 76.6 Å². The van der Waals surface area contributed by atoms with E-state index < -0.39 is 5.43 Å². The van der Waals surface area contributed by atoms with Crippen molar-refractivity contribution in [3.05, 3.63) is 162 Å². The summed E-state index contributed by atoms with van der Waals surface area (Å²) >= 11 is 0. The second-order valence-corrected chi connectivity index (χ2v) is 15.1. The minimum absolute atomic E-state index is 0.159. The molecule has 2 aromatic heterocycles. The van der Waals surface area contributed by atoms with Crippen LogP contribution in [0.5, 0.6) is 11.5 Å². The Balaban J connectivity index is 0.000000169. The molecule has 2 atom stereocenters. The zero-order valence-corrected chi connectivity index (χ0v) is 32.0. The van der Waals surface area contributed by atoms with Crippen molar-refractivity contribution >= 4 is 0 Å². The summed E-state index contributed by atoms with van der Waals surface area (Å²) in [4.78, 5) is 29.1. The number of pyridine rings is 2. The summed E-state index contributed by atoms with van der Waals surface area (Å²) < 4.78 is 23.1. The Labute approximate surface area is 321 Å². The Morgan fingerprint density at radius 2 is 1.27 bits per heavy atom. The maximum absolute atomic E-state index is 13.5. The van der Waals surface area contributed by atoms with Gasteiger partial charge in [0.15, 0.2) is 11.5 Å². The smallest absolute Gasteiger partial charge is 0.223 e. The van der Waals surface area contributed by atoms with Crippen LogP contribution < -0.4 is 10.9 Å². The first kappa shape index (κ1) is 38.3. The lowest BCUT2D eigenvalue weighted by molar-refractivity contribution is 0.0112. The first-order chi connectivity index (χ1) is 26.6. The number of hydrogen-bond acceptors (Lipinski definition) is 7. The largest absolute Gasteiger partial charge is 0.503 e. The number of benzene rings is 3. The van der Waals surface area contributed by atoms with Gasteiger partial charge in [-0.3, -0.25) is 19.4 Å². The van der Waals surface area contributed by atoms with Crippen molar-refractivity contribution in [3.63, 3.8) is 0 Å². The number of fused-ring (bicyclic) bond motifs is 2. The molecule has 1 saturated heterocycles. The molecule has 55 heavy (non-hydrogen) atoms. The minimum Gasteiger partial charge on any atom is -0.503 e. The monoisotopic (exact) mass is 746 g/mol. The van der Waals surface area contributed by atoms with Crippen molar-refractivity contribution in [2.75, 3.05) is 26.3 Å². The number of aryl methyl sites for hydroxylation is 3. The van der Waals surface area contributed by atoms with Gasteiger partial charge in [-0.05, 0) is 84.5 Å². The number of hydrogen-bond donors (Lipinski definition) is 2. The molecular weight excluding hydrogens is 696 g/mol. The third-order valence-corrected chi connectivity index (χ3v) is 11.6. The standard InChI is InChI=1S/C23H23FN2O2.C22H28N2O3/c1-15-4-3-5-16(2)19(15)13-26-11-10-25-14-22(28)21(27)12-20(25)23(26)17-6-8-18(24)9-7-17;1-2-16-3-5-17(6-4-16)14-24-10-9-23-15-21(26)20(25)13-19(23)22(24)18-7-11-27-12-8-18/h3-9,12,14,23,28H,10-11,13H2,1-2H3;3-6,13,15,18,22,26H,2,7-12,14H2,1H3. The van der Waals surface area contributed by atoms with Crippen molar-refractivity contribution in [2.24, 2.45) is 5.92 Å². The zero-order valence-electron chi connectivity index (χ0n) is 32.0. The third kappa shape index (κ3) is 8.47. The second-order valence-electron chi connectivity index (χ2n) is 15.1. The Bertz CT molecular complexity index is 2210. The van der Waals surface area contributed by atoms with E-state index in [1.54, 1.807) is 24.4 Å². The van der Waals surface area contributed by atoms with E-state index in [9.17, 15) is 24.2 Å². The fraction of sp³-hybridized carbons (Fsp3) is 0.378. The van der Waals surface area contributed by atoms with Gasteiger partial charge in [0.2, 0.25) is 10.9 Å². The Kier molecular flexibility index (Phi) is 11.7. The predicted molar refractivity (Wildman–Crippen MR) is 212 cm³/mol. The molecule has 2 unspecified atom stereocenters. The first-order valence-electron chi connectivity index (χ1n) is 19.4. The van der Waals surface area contributed by atoms with Gasteiger partial charge in [0.05, 0.1) is 24.5 Å². The summed E-state index contributed by atoms with van der Waals surface area (Å²) in [6, 6.07) is 24.7. The molecule has 288 valence electrons. The summed E-state index contributed by atoms with van der Waals surface area (Å²) in [6.45, 7) is 12.7. The maximum Gasteiger partial charge on any atom is 0.223 e. The maximum atomic E-state index is 13.5. The van der Waals surface area contributed by atoms with Gasteiger partial charge < -0.3 is 24.1 Å². The molecule has 0 bridgehead atoms. The van der Waals surface area contributed by atoms with Gasteiger partial charge in [-0.1, -0.05) is 61.5 Å². The van der Waals surface area contributed by atoms with Gasteiger partial charge in [-0.15, -0.1) is 0 Å². The van der Waals surface area contributed by atoms with Crippen LogP contribution in [-0.2, 0) is 37.3 Å². The van der Waals surface area contributed by atoms with Crippen molar-refractivity contribution < 1.29 is 19.3 Å². The van der Waals surface area contributed by atoms with Crippen LogP contribution in [0.2, 0.25) is 0 Å². The highest BCUT2D eigenvalue weighted by Gasteiger charge is 2.35. The molecule has 0 saturated carbocycles. The van der Waals surface area contributed by atoms with Crippen molar-refractivity contribution in [1.82, 2.24) is 18.9 Å². The second kappa shape index (κ2) is 16.8. The molecule has 10 heteroatoms. The molecule has 8 rings (SSSR count). The van der Waals surface area contributed by atoms with E-state index in [0.29, 0.717) is 12.5 Å². The molecule has 0 radical (unpaired) electrons. The molecule has 0 spiro atoms. The Morgan fingerprint density at radius 1 is 0.709 bits per heavy atom. The van der Waals surface area contributed by atoms with E-state index in [-0.39, 0.29) is 34.8 Å². The van der Waals surface area contributed by atoms with Crippen molar-refractivity contribution in [3.8, 4) is 11.5 Å². The summed E-state index contributed by atoms with van der Waals surface area (Å²) in [5.74, 6) is -0.231. The van der Waals surface area contributed by atoms with Gasteiger partial charge in [-0.25, -0.2) is 4.39 Å². The number of halogens is 1. The van der Waals surface area contributed by atoms with Gasteiger partial charge in [-0.2, -0.15) is 0 Å². The number of aromatic nitrogens is 2. The van der Waals surface area contributed by atoms with Crippen molar-refractivity contribution in [1.29, 1.82) is 0 Å². The van der Waals surface area contributed by atoms with Crippen LogP contribution in [0.4, 0.5) is 4.39 Å². The minimum atomic E-state index is -0.396. The Hall–Kier alpha value is -5.03. The first-order valence-corrected chi connectivity index (χ1v) is 19.4. The molecule has 1 fully saturated rings. The third-order valence-electron chi connectivity index (χ3n) is 11.6. The molecule has 9 nitrogen and oxygen atoms in total. The highest BCUT2D eigenvalue weighted by Crippen LogP contribution is 2.38. The van der Waals surface area contributed by atoms with E-state index in [4.69, 9.17) is 4.74 Å². The Morgan fingerprint density at radius 3 is 1.89 bits per heavy atom. The summed E-state index contributed by atoms with van der Waals surface area (Å²) in [7, 11) is 0. The van der Waals surface area contributed by atoms with Crippen LogP contribution in [0.15, 0.2) is 101 Å². The normalized spacial score (nSPS) is 18.9. The number of nitrogens with zero attached hydrogens (tertiary/aromatic N) is 4. The lowest BCUT2D eigenvalue weighted by atomic mass is 9.86. The van der Waals surface area contributed by atoms with Crippen LogP contribution in [0.25, 0.3) is 0 Å². The lowest BCUT2D eigenvalue weighted by Crippen LogP contribution is -2.43. The van der Waals surface area contributed by atoms with Crippen LogP contribution >= 0.6 is 0 Å². The molecule has 2 N–H and O–H groups in total. The van der Waals surface area contributed by atoms with Gasteiger partial charge >= 0.3 is 0 Å². The zero-order chi connectivity index (χ0) is 38.6. The van der Waals surface area contributed by atoms with E-state index in [1.807, 2.05) is 4.57 Å². The molecule has 3 aromatic carbocycles. The number of ether oxygens (including phenoxy) is 1. The molecule has 3 aliphatic rings. The highest BCUT2D eigenvalue weighted by molar-refractivity contribution is 5.36. The van der Waals surface area contributed by atoms with E-state index >= 15 is 0 Å². The van der Waals surface area contributed by atoms with E-state index in [2.05, 4.69) is 77.6 Å². The molecular formula is C45H51FN4O5. The summed E-state index contributed by atoms with van der Waals surface area (Å²) in [5.41, 5.74) is 8.46. The molecule has 5 heterocycles. The van der Waals surface area contributed by atoms with E-state index in [1.165, 1.54) is 52.2 Å². The topological polar surface area (TPSA) is 100 Å². The quantitative estimate of drug-likeness (QED) is 0.185. The highest BCUT2D eigenvalue weighted by atomic mass is 19.1. The molecule has 3 aliphatic heterocycles. The van der Waals surface area contributed by atoms with Crippen LogP contribution in [0.3, 0.4) is 0 Å². The molecule has 5 aromatic rings. The number of aromatic hydroxyl groups is 2. The summed E-state index contributed by atoms with van der Waals surface area (Å²) in [5, 5.41) is 19.7. The average molecular weight is 747 g/mol. The van der Waals surface area contributed by atoms with Crippen LogP contribution in [0, 0.1) is 25.6 Å². The predicted octanol–water partition coefficient (Wildman–Crippen LogP) is 7.01. The van der Waals surface area contributed by atoms with Gasteiger partial charge in [0.25, 0.3) is 0 Å². The fourth-order valence-corrected chi connectivity index (χ4v) is 8.51. The molecule has 0 aliphatic carbocycles. The van der Waals surface area contributed by atoms with Gasteiger partial charge in [0, 0.05) is 76.0 Å². The molecule has 0 amide bonds. The fourth-order valence-electron chi connectivity index (χ4n) is 8.51. The van der Waals surface area contributed by atoms with E-state index in [0.717, 1.165) is 82.2 Å². The van der Waals surface area contributed by atoms with Gasteiger partial charge in [0.1, 0.15) is 5.82 Å². The van der Waals surface area contributed by atoms with Crippen LogP contribution in [-0.4, -0.2) is 55.5 Å². The van der Waals surface area contributed by atoms with Crippen molar-refractivity contribution in [2.45, 2.75) is 78.3 Å². The summed E-state index contributed by atoms with van der Waals surface area (Å²) in [6.07, 6.45) is 6.17. The number of rotatable bonds is 7. The average Bonchev–Trinajstić information content (AvgIpc) is 3.19. The lowest BCUT2D eigenvalue weighted by Gasteiger charge is -2.43. The SMILES string of the molecule is CCc1ccc(CN2CCn3cc(O)c(=O)cc3C2C2CCOCC2)cc1.Cc1cccc(C)c1CN1CCn2cc(O)c(=O)cc2C1c1ccc(F)cc1.